The van der Waals surface area contributed by atoms with Crippen molar-refractivity contribution in [1.82, 2.24) is 9.97 Å². The van der Waals surface area contributed by atoms with Gasteiger partial charge >= 0.3 is 0 Å². The molecule has 5 nitrogen and oxygen atoms in total. The van der Waals surface area contributed by atoms with Gasteiger partial charge in [-0.3, -0.25) is 0 Å². The predicted molar refractivity (Wildman–Crippen MR) is 76.2 cm³/mol. The van der Waals surface area contributed by atoms with Crippen molar-refractivity contribution in [3.8, 4) is 5.75 Å². The van der Waals surface area contributed by atoms with Crippen LogP contribution in [0, 0.1) is 13.8 Å². The van der Waals surface area contributed by atoms with Crippen molar-refractivity contribution in [2.45, 2.75) is 20.4 Å². The van der Waals surface area contributed by atoms with Crippen LogP contribution in [-0.4, -0.2) is 17.1 Å². The van der Waals surface area contributed by atoms with Gasteiger partial charge in [-0.2, -0.15) is 0 Å². The molecular formula is C14H18N4O. The second-order valence-corrected chi connectivity index (χ2v) is 4.41. The third-order valence-corrected chi connectivity index (χ3v) is 2.79. The number of hydrogen-bond donors (Lipinski definition) is 2. The van der Waals surface area contributed by atoms with Gasteiger partial charge < -0.3 is 15.8 Å². The van der Waals surface area contributed by atoms with Crippen LogP contribution in [0.25, 0.3) is 0 Å². The lowest BCUT2D eigenvalue weighted by molar-refractivity contribution is 0.413. The van der Waals surface area contributed by atoms with E-state index < -0.39 is 0 Å². The minimum Gasteiger partial charge on any atom is -0.494 e. The lowest BCUT2D eigenvalue weighted by Gasteiger charge is -2.14. The van der Waals surface area contributed by atoms with Crippen LogP contribution in [0.3, 0.4) is 0 Å². The summed E-state index contributed by atoms with van der Waals surface area (Å²) >= 11 is 0. The molecule has 0 atom stereocenters. The van der Waals surface area contributed by atoms with Crippen LogP contribution >= 0.6 is 0 Å². The standard InChI is InChI=1S/C14H18N4O/c1-9-6-10(2)14(19-3)11(7-9)17-8-13-16-5-4-12(15)18-13/h4-7,17H,8H2,1-3H3,(H2,15,16,18). The summed E-state index contributed by atoms with van der Waals surface area (Å²) in [5.74, 6) is 1.97. The molecular weight excluding hydrogens is 240 g/mol. The van der Waals surface area contributed by atoms with Gasteiger partial charge in [-0.15, -0.1) is 0 Å². The van der Waals surface area contributed by atoms with Gasteiger partial charge in [0.25, 0.3) is 0 Å². The maximum absolute atomic E-state index is 5.63. The summed E-state index contributed by atoms with van der Waals surface area (Å²) < 4.78 is 5.42. The van der Waals surface area contributed by atoms with Crippen LogP contribution in [0.4, 0.5) is 11.5 Å². The normalized spacial score (nSPS) is 10.3. The van der Waals surface area contributed by atoms with E-state index >= 15 is 0 Å². The van der Waals surface area contributed by atoms with Gasteiger partial charge in [0.1, 0.15) is 17.4 Å². The van der Waals surface area contributed by atoms with Crippen LogP contribution in [0.2, 0.25) is 0 Å². The molecule has 19 heavy (non-hydrogen) atoms. The van der Waals surface area contributed by atoms with E-state index in [1.807, 2.05) is 13.0 Å². The fourth-order valence-electron chi connectivity index (χ4n) is 2.03. The topological polar surface area (TPSA) is 73.1 Å². The number of benzene rings is 1. The number of aromatic nitrogens is 2. The zero-order chi connectivity index (χ0) is 13.8. The Balaban J connectivity index is 2.19. The van der Waals surface area contributed by atoms with E-state index in [1.165, 1.54) is 5.56 Å². The third kappa shape index (κ3) is 3.13. The molecule has 5 heteroatoms. The van der Waals surface area contributed by atoms with E-state index in [0.717, 1.165) is 17.0 Å². The molecule has 1 aromatic heterocycles. The molecule has 0 fully saturated rings. The zero-order valence-corrected chi connectivity index (χ0v) is 11.4. The Morgan fingerprint density at radius 3 is 2.79 bits per heavy atom. The molecule has 2 aromatic rings. The fourth-order valence-corrected chi connectivity index (χ4v) is 2.03. The van der Waals surface area contributed by atoms with Gasteiger partial charge in [-0.1, -0.05) is 6.07 Å². The maximum atomic E-state index is 5.63. The Bertz CT molecular complexity index is 584. The van der Waals surface area contributed by atoms with Crippen LogP contribution in [0.15, 0.2) is 24.4 Å². The molecule has 0 aliphatic heterocycles. The van der Waals surface area contributed by atoms with Crippen LogP contribution in [0.5, 0.6) is 5.75 Å². The molecule has 0 aliphatic carbocycles. The Morgan fingerprint density at radius 1 is 1.32 bits per heavy atom. The first-order valence-corrected chi connectivity index (χ1v) is 6.06. The molecule has 100 valence electrons. The summed E-state index contributed by atoms with van der Waals surface area (Å²) in [6.45, 7) is 4.58. The highest BCUT2D eigenvalue weighted by Gasteiger charge is 2.07. The fraction of sp³-hybridized carbons (Fsp3) is 0.286. The lowest BCUT2D eigenvalue weighted by Crippen LogP contribution is -2.07. The number of rotatable bonds is 4. The van der Waals surface area contributed by atoms with Crippen molar-refractivity contribution in [3.05, 3.63) is 41.3 Å². The number of nitrogens with one attached hydrogen (secondary N) is 1. The molecule has 0 radical (unpaired) electrons. The molecule has 0 amide bonds. The van der Waals surface area contributed by atoms with Crippen LogP contribution in [-0.2, 0) is 6.54 Å². The van der Waals surface area contributed by atoms with E-state index in [2.05, 4.69) is 28.3 Å². The molecule has 0 unspecified atom stereocenters. The number of hydrogen-bond acceptors (Lipinski definition) is 5. The summed E-state index contributed by atoms with van der Waals surface area (Å²) in [7, 11) is 1.67. The summed E-state index contributed by atoms with van der Waals surface area (Å²) in [5.41, 5.74) is 8.84. The largest absolute Gasteiger partial charge is 0.494 e. The highest BCUT2D eigenvalue weighted by atomic mass is 16.5. The number of methoxy groups -OCH3 is 1. The molecule has 0 saturated carbocycles. The van der Waals surface area contributed by atoms with E-state index in [1.54, 1.807) is 19.4 Å². The number of nitrogens with zero attached hydrogens (tertiary/aromatic N) is 2. The number of nitrogen functional groups attached to an aromatic ring is 1. The number of aryl methyl sites for hydroxylation is 2. The van der Waals surface area contributed by atoms with Gasteiger partial charge in [0.05, 0.1) is 19.3 Å². The Labute approximate surface area is 112 Å². The molecule has 0 saturated heterocycles. The van der Waals surface area contributed by atoms with Gasteiger partial charge in [0.2, 0.25) is 0 Å². The average Bonchev–Trinajstić information content (AvgIpc) is 2.36. The van der Waals surface area contributed by atoms with Crippen molar-refractivity contribution < 1.29 is 4.74 Å². The third-order valence-electron chi connectivity index (χ3n) is 2.79. The summed E-state index contributed by atoms with van der Waals surface area (Å²) in [5, 5.41) is 3.28. The van der Waals surface area contributed by atoms with E-state index in [-0.39, 0.29) is 0 Å². The molecule has 1 aromatic carbocycles. The number of ether oxygens (including phenoxy) is 1. The molecule has 0 bridgehead atoms. The Hall–Kier alpha value is -2.30. The zero-order valence-electron chi connectivity index (χ0n) is 11.4. The van der Waals surface area contributed by atoms with Crippen molar-refractivity contribution >= 4 is 11.5 Å². The molecule has 1 heterocycles. The highest BCUT2D eigenvalue weighted by molar-refractivity contribution is 5.61. The van der Waals surface area contributed by atoms with Gasteiger partial charge in [-0.25, -0.2) is 9.97 Å². The van der Waals surface area contributed by atoms with E-state index in [9.17, 15) is 0 Å². The van der Waals surface area contributed by atoms with Crippen molar-refractivity contribution in [1.29, 1.82) is 0 Å². The summed E-state index contributed by atoms with van der Waals surface area (Å²) in [4.78, 5) is 8.31. The SMILES string of the molecule is COc1c(C)cc(C)cc1NCc1nccc(N)n1. The first-order valence-electron chi connectivity index (χ1n) is 6.06. The van der Waals surface area contributed by atoms with Crippen molar-refractivity contribution in [3.63, 3.8) is 0 Å². The van der Waals surface area contributed by atoms with Crippen LogP contribution in [0.1, 0.15) is 17.0 Å². The maximum Gasteiger partial charge on any atom is 0.149 e. The van der Waals surface area contributed by atoms with Gasteiger partial charge in [-0.05, 0) is 37.1 Å². The minimum absolute atomic E-state index is 0.471. The second kappa shape index (κ2) is 5.56. The van der Waals surface area contributed by atoms with Crippen LogP contribution < -0.4 is 15.8 Å². The molecule has 0 aliphatic rings. The first kappa shape index (κ1) is 13.1. The highest BCUT2D eigenvalue weighted by Crippen LogP contribution is 2.30. The summed E-state index contributed by atoms with van der Waals surface area (Å²) in [6.07, 6.45) is 1.65. The molecule has 3 N–H and O–H groups in total. The Kier molecular flexibility index (Phi) is 3.85. The van der Waals surface area contributed by atoms with Crippen molar-refractivity contribution in [2.24, 2.45) is 0 Å². The lowest BCUT2D eigenvalue weighted by atomic mass is 10.1. The molecule has 0 spiro atoms. The molecule has 2 rings (SSSR count). The van der Waals surface area contributed by atoms with E-state index in [0.29, 0.717) is 18.2 Å². The van der Waals surface area contributed by atoms with Gasteiger partial charge in [0.15, 0.2) is 0 Å². The quantitative estimate of drug-likeness (QED) is 0.880. The second-order valence-electron chi connectivity index (χ2n) is 4.41. The smallest absolute Gasteiger partial charge is 0.149 e. The number of anilines is 2. The average molecular weight is 258 g/mol. The summed E-state index contributed by atoms with van der Waals surface area (Å²) in [6, 6.07) is 5.79. The van der Waals surface area contributed by atoms with Crippen molar-refractivity contribution in [2.75, 3.05) is 18.2 Å². The monoisotopic (exact) mass is 258 g/mol. The minimum atomic E-state index is 0.471. The number of nitrogens with two attached hydrogens (primary N) is 1. The first-order chi connectivity index (χ1) is 9.10. The Morgan fingerprint density at radius 2 is 2.11 bits per heavy atom. The predicted octanol–water partition coefficient (Wildman–Crippen LogP) is 2.30. The van der Waals surface area contributed by atoms with Gasteiger partial charge in [0, 0.05) is 6.20 Å². The van der Waals surface area contributed by atoms with E-state index in [4.69, 9.17) is 10.5 Å².